The highest BCUT2D eigenvalue weighted by Gasteiger charge is 2.32. The Morgan fingerprint density at radius 2 is 2.06 bits per heavy atom. The van der Waals surface area contributed by atoms with Crippen LogP contribution in [0.3, 0.4) is 0 Å². The van der Waals surface area contributed by atoms with Crippen molar-refractivity contribution in [3.05, 3.63) is 0 Å². The van der Waals surface area contributed by atoms with Gasteiger partial charge in [0.1, 0.15) is 0 Å². The van der Waals surface area contributed by atoms with Gasteiger partial charge in [0.05, 0.1) is 5.92 Å². The smallest absolute Gasteiger partial charge is 0.228 e. The average molecular weight is 239 g/mol. The second kappa shape index (κ2) is 5.49. The molecule has 0 aromatic carbocycles. The topological polar surface area (TPSA) is 52.6 Å². The molecule has 17 heavy (non-hydrogen) atoms. The minimum absolute atomic E-state index is 0.00738. The molecule has 0 spiro atoms. The number of carbonyl (C=O) groups is 2. The second-order valence-electron chi connectivity index (χ2n) is 4.87. The SMILES string of the molecule is CCCN1CCN(C(=O)C2CNC(=O)C2)CC1. The summed E-state index contributed by atoms with van der Waals surface area (Å²) in [6.45, 7) is 7.36. The van der Waals surface area contributed by atoms with Crippen LogP contribution >= 0.6 is 0 Å². The van der Waals surface area contributed by atoms with Crippen LogP contribution in [-0.4, -0.2) is 60.9 Å². The maximum atomic E-state index is 12.1. The van der Waals surface area contributed by atoms with E-state index in [2.05, 4.69) is 17.1 Å². The molecular weight excluding hydrogens is 218 g/mol. The van der Waals surface area contributed by atoms with Gasteiger partial charge in [0.15, 0.2) is 0 Å². The zero-order chi connectivity index (χ0) is 12.3. The first-order chi connectivity index (χ1) is 8.20. The van der Waals surface area contributed by atoms with Gasteiger partial charge in [-0.3, -0.25) is 14.5 Å². The highest BCUT2D eigenvalue weighted by Crippen LogP contribution is 2.14. The van der Waals surface area contributed by atoms with E-state index in [0.29, 0.717) is 13.0 Å². The molecule has 96 valence electrons. The third kappa shape index (κ3) is 2.97. The Bertz CT molecular complexity index is 298. The molecule has 0 aromatic heterocycles. The van der Waals surface area contributed by atoms with E-state index in [-0.39, 0.29) is 17.7 Å². The number of carbonyl (C=O) groups excluding carboxylic acids is 2. The largest absolute Gasteiger partial charge is 0.355 e. The van der Waals surface area contributed by atoms with Crippen LogP contribution < -0.4 is 5.32 Å². The van der Waals surface area contributed by atoms with Crippen molar-refractivity contribution in [3.63, 3.8) is 0 Å². The van der Waals surface area contributed by atoms with Crippen molar-refractivity contribution >= 4 is 11.8 Å². The molecule has 1 unspecified atom stereocenters. The number of hydrogen-bond acceptors (Lipinski definition) is 3. The quantitative estimate of drug-likeness (QED) is 0.734. The molecule has 2 rings (SSSR count). The molecule has 2 fully saturated rings. The monoisotopic (exact) mass is 239 g/mol. The summed E-state index contributed by atoms with van der Waals surface area (Å²) in [6, 6.07) is 0. The Balaban J connectivity index is 1.80. The number of nitrogens with zero attached hydrogens (tertiary/aromatic N) is 2. The maximum absolute atomic E-state index is 12.1. The van der Waals surface area contributed by atoms with E-state index in [1.807, 2.05) is 4.90 Å². The van der Waals surface area contributed by atoms with Gasteiger partial charge in [-0.2, -0.15) is 0 Å². The molecule has 0 bridgehead atoms. The van der Waals surface area contributed by atoms with Crippen molar-refractivity contribution in [2.75, 3.05) is 39.3 Å². The fourth-order valence-electron chi connectivity index (χ4n) is 2.55. The molecule has 0 aromatic rings. The molecule has 0 radical (unpaired) electrons. The van der Waals surface area contributed by atoms with Gasteiger partial charge in [0.2, 0.25) is 11.8 Å². The zero-order valence-electron chi connectivity index (χ0n) is 10.4. The van der Waals surface area contributed by atoms with Gasteiger partial charge in [0, 0.05) is 39.1 Å². The van der Waals surface area contributed by atoms with E-state index >= 15 is 0 Å². The molecule has 0 saturated carbocycles. The van der Waals surface area contributed by atoms with Gasteiger partial charge in [-0.1, -0.05) is 6.92 Å². The Hall–Kier alpha value is -1.10. The molecule has 1 atom stereocenters. The first-order valence-corrected chi connectivity index (χ1v) is 6.48. The van der Waals surface area contributed by atoms with Crippen LogP contribution in [-0.2, 0) is 9.59 Å². The molecule has 0 aliphatic carbocycles. The minimum atomic E-state index is -0.125. The summed E-state index contributed by atoms with van der Waals surface area (Å²) in [5.41, 5.74) is 0. The number of nitrogens with one attached hydrogen (secondary N) is 1. The lowest BCUT2D eigenvalue weighted by Gasteiger charge is -2.35. The fraction of sp³-hybridized carbons (Fsp3) is 0.833. The first kappa shape index (κ1) is 12.4. The molecule has 2 aliphatic heterocycles. The Labute approximate surface area is 102 Å². The lowest BCUT2D eigenvalue weighted by atomic mass is 10.1. The molecule has 2 heterocycles. The van der Waals surface area contributed by atoms with Gasteiger partial charge in [-0.25, -0.2) is 0 Å². The Morgan fingerprint density at radius 3 is 2.59 bits per heavy atom. The normalized spacial score (nSPS) is 26.1. The summed E-state index contributed by atoms with van der Waals surface area (Å²) in [6.07, 6.45) is 1.53. The summed E-state index contributed by atoms with van der Waals surface area (Å²) < 4.78 is 0. The number of amides is 2. The van der Waals surface area contributed by atoms with Gasteiger partial charge in [-0.05, 0) is 13.0 Å². The van der Waals surface area contributed by atoms with Crippen LogP contribution in [0.15, 0.2) is 0 Å². The summed E-state index contributed by atoms with van der Waals surface area (Å²) in [5.74, 6) is 0.0349. The van der Waals surface area contributed by atoms with E-state index in [4.69, 9.17) is 0 Å². The fourth-order valence-corrected chi connectivity index (χ4v) is 2.55. The van der Waals surface area contributed by atoms with Gasteiger partial charge in [-0.15, -0.1) is 0 Å². The minimum Gasteiger partial charge on any atom is -0.355 e. The van der Waals surface area contributed by atoms with Crippen LogP contribution in [0.5, 0.6) is 0 Å². The predicted molar refractivity (Wildman–Crippen MR) is 64.4 cm³/mol. The lowest BCUT2D eigenvalue weighted by molar-refractivity contribution is -0.137. The summed E-state index contributed by atoms with van der Waals surface area (Å²) in [5, 5.41) is 2.72. The summed E-state index contributed by atoms with van der Waals surface area (Å²) >= 11 is 0. The van der Waals surface area contributed by atoms with Gasteiger partial charge in [0.25, 0.3) is 0 Å². The van der Waals surface area contributed by atoms with E-state index in [0.717, 1.165) is 39.1 Å². The van der Waals surface area contributed by atoms with Gasteiger partial charge >= 0.3 is 0 Å². The average Bonchev–Trinajstić information content (AvgIpc) is 2.76. The highest BCUT2D eigenvalue weighted by atomic mass is 16.2. The van der Waals surface area contributed by atoms with Crippen molar-refractivity contribution in [2.24, 2.45) is 5.92 Å². The molecule has 5 nitrogen and oxygen atoms in total. The van der Waals surface area contributed by atoms with E-state index in [1.54, 1.807) is 0 Å². The van der Waals surface area contributed by atoms with Crippen LogP contribution in [0.1, 0.15) is 19.8 Å². The van der Waals surface area contributed by atoms with Crippen LogP contribution in [0, 0.1) is 5.92 Å². The molecule has 5 heteroatoms. The number of hydrogen-bond donors (Lipinski definition) is 1. The molecular formula is C12H21N3O2. The molecule has 2 aliphatic rings. The molecule has 1 N–H and O–H groups in total. The van der Waals surface area contributed by atoms with Crippen molar-refractivity contribution in [1.82, 2.24) is 15.1 Å². The zero-order valence-corrected chi connectivity index (χ0v) is 10.4. The van der Waals surface area contributed by atoms with Crippen molar-refractivity contribution in [2.45, 2.75) is 19.8 Å². The van der Waals surface area contributed by atoms with Crippen molar-refractivity contribution in [1.29, 1.82) is 0 Å². The maximum Gasteiger partial charge on any atom is 0.228 e. The Kier molecular flexibility index (Phi) is 3.99. The standard InChI is InChI=1S/C12H21N3O2/c1-2-3-14-4-6-15(7-5-14)12(17)10-8-11(16)13-9-10/h10H,2-9H2,1H3,(H,13,16). The molecule has 2 saturated heterocycles. The number of piperazine rings is 1. The van der Waals surface area contributed by atoms with Crippen LogP contribution in [0.25, 0.3) is 0 Å². The highest BCUT2D eigenvalue weighted by molar-refractivity contribution is 5.89. The van der Waals surface area contributed by atoms with Crippen LogP contribution in [0.2, 0.25) is 0 Å². The van der Waals surface area contributed by atoms with E-state index in [9.17, 15) is 9.59 Å². The number of rotatable bonds is 3. The Morgan fingerprint density at radius 1 is 1.35 bits per heavy atom. The van der Waals surface area contributed by atoms with Gasteiger partial charge < -0.3 is 10.2 Å². The van der Waals surface area contributed by atoms with Crippen molar-refractivity contribution < 1.29 is 9.59 Å². The lowest BCUT2D eigenvalue weighted by Crippen LogP contribution is -2.50. The van der Waals surface area contributed by atoms with Crippen LogP contribution in [0.4, 0.5) is 0 Å². The first-order valence-electron chi connectivity index (χ1n) is 6.48. The van der Waals surface area contributed by atoms with Crippen molar-refractivity contribution in [3.8, 4) is 0 Å². The summed E-state index contributed by atoms with van der Waals surface area (Å²) in [4.78, 5) is 27.5. The van der Waals surface area contributed by atoms with E-state index < -0.39 is 0 Å². The third-order valence-electron chi connectivity index (χ3n) is 3.55. The predicted octanol–water partition coefficient (Wildman–Crippen LogP) is -0.323. The third-order valence-corrected chi connectivity index (χ3v) is 3.55. The second-order valence-corrected chi connectivity index (χ2v) is 4.87. The molecule has 2 amide bonds. The van der Waals surface area contributed by atoms with E-state index in [1.165, 1.54) is 0 Å². The summed E-state index contributed by atoms with van der Waals surface area (Å²) in [7, 11) is 0.